The molecule has 0 saturated heterocycles. The maximum absolute atomic E-state index is 14.0. The number of hydrogen-bond acceptors (Lipinski definition) is 5. The quantitative estimate of drug-likeness (QED) is 0.409. The van der Waals surface area contributed by atoms with Crippen LogP contribution in [0.2, 0.25) is 0 Å². The van der Waals surface area contributed by atoms with Crippen LogP contribution in [0.5, 0.6) is 11.5 Å². The Morgan fingerprint density at radius 3 is 2.60 bits per heavy atom. The van der Waals surface area contributed by atoms with E-state index in [9.17, 15) is 9.18 Å². The van der Waals surface area contributed by atoms with E-state index in [1.54, 1.807) is 31.2 Å². The number of nitrogens with one attached hydrogen (secondary N) is 2. The van der Waals surface area contributed by atoms with Gasteiger partial charge in [0.1, 0.15) is 19.0 Å². The summed E-state index contributed by atoms with van der Waals surface area (Å²) in [7, 11) is 0. The van der Waals surface area contributed by atoms with Crippen molar-refractivity contribution in [3.8, 4) is 11.5 Å². The Morgan fingerprint density at radius 2 is 1.89 bits per heavy atom. The molecule has 0 bridgehead atoms. The number of guanidine groups is 1. The molecule has 1 aromatic heterocycles. The first-order valence-electron chi connectivity index (χ1n) is 11.7. The van der Waals surface area contributed by atoms with Crippen molar-refractivity contribution in [2.75, 3.05) is 25.1 Å². The SMILES string of the molecule is CCn1nc(C)c(CCN=C(NC(=O)c2ccc(C)c(F)c2)Nc2ccc3c(c2)OCCO3)c1C. The molecule has 0 saturated carbocycles. The van der Waals surface area contributed by atoms with Crippen molar-refractivity contribution in [2.24, 2.45) is 4.99 Å². The van der Waals surface area contributed by atoms with Gasteiger partial charge in [-0.2, -0.15) is 5.10 Å². The van der Waals surface area contributed by atoms with Gasteiger partial charge in [0.05, 0.1) is 5.69 Å². The van der Waals surface area contributed by atoms with E-state index in [4.69, 9.17) is 9.47 Å². The molecule has 184 valence electrons. The van der Waals surface area contributed by atoms with Crippen LogP contribution in [-0.2, 0) is 13.0 Å². The van der Waals surface area contributed by atoms with Gasteiger partial charge in [-0.25, -0.2) is 4.39 Å². The lowest BCUT2D eigenvalue weighted by Gasteiger charge is -2.19. The Morgan fingerprint density at radius 1 is 1.11 bits per heavy atom. The molecular weight excluding hydrogens is 449 g/mol. The molecule has 2 N–H and O–H groups in total. The first-order valence-corrected chi connectivity index (χ1v) is 11.7. The number of rotatable bonds is 6. The van der Waals surface area contributed by atoms with Gasteiger partial charge < -0.3 is 14.8 Å². The summed E-state index contributed by atoms with van der Waals surface area (Å²) in [5.41, 5.74) is 4.58. The zero-order chi connectivity index (χ0) is 24.9. The molecule has 0 spiro atoms. The number of amides is 1. The van der Waals surface area contributed by atoms with Crippen molar-refractivity contribution < 1.29 is 18.7 Å². The molecule has 9 heteroatoms. The average Bonchev–Trinajstić information content (AvgIpc) is 3.13. The van der Waals surface area contributed by atoms with E-state index in [1.165, 1.54) is 6.07 Å². The highest BCUT2D eigenvalue weighted by atomic mass is 19.1. The van der Waals surface area contributed by atoms with Crippen molar-refractivity contribution >= 4 is 17.6 Å². The van der Waals surface area contributed by atoms with E-state index in [-0.39, 0.29) is 11.5 Å². The number of anilines is 1. The number of aliphatic imine (C=N–C) groups is 1. The molecule has 2 heterocycles. The van der Waals surface area contributed by atoms with Crippen LogP contribution in [0.15, 0.2) is 41.4 Å². The molecule has 0 aliphatic carbocycles. The number of carbonyl (C=O) groups excluding carboxylic acids is 1. The van der Waals surface area contributed by atoms with Crippen LogP contribution in [0.4, 0.5) is 10.1 Å². The third-order valence-electron chi connectivity index (χ3n) is 5.93. The van der Waals surface area contributed by atoms with Crippen molar-refractivity contribution in [3.63, 3.8) is 0 Å². The number of fused-ring (bicyclic) bond motifs is 1. The molecule has 8 nitrogen and oxygen atoms in total. The average molecular weight is 480 g/mol. The number of ether oxygens (including phenoxy) is 2. The molecule has 0 atom stereocenters. The topological polar surface area (TPSA) is 89.8 Å². The molecular formula is C26H30FN5O3. The van der Waals surface area contributed by atoms with E-state index in [2.05, 4.69) is 27.6 Å². The second-order valence-electron chi connectivity index (χ2n) is 8.35. The number of aromatic nitrogens is 2. The van der Waals surface area contributed by atoms with Gasteiger partial charge in [0.25, 0.3) is 5.91 Å². The Labute approximate surface area is 204 Å². The molecule has 0 unspecified atom stereocenters. The molecule has 3 aromatic rings. The molecule has 0 fully saturated rings. The Bertz CT molecular complexity index is 1270. The lowest BCUT2D eigenvalue weighted by Crippen LogP contribution is -2.36. The summed E-state index contributed by atoms with van der Waals surface area (Å²) in [4.78, 5) is 17.5. The summed E-state index contributed by atoms with van der Waals surface area (Å²) in [6.45, 7) is 9.94. The van der Waals surface area contributed by atoms with Crippen LogP contribution in [0.25, 0.3) is 0 Å². The van der Waals surface area contributed by atoms with Gasteiger partial charge in [0.15, 0.2) is 11.5 Å². The fraction of sp³-hybridized carbons (Fsp3) is 0.346. The second-order valence-corrected chi connectivity index (χ2v) is 8.35. The summed E-state index contributed by atoms with van der Waals surface area (Å²) in [5, 5.41) is 10.5. The first-order chi connectivity index (χ1) is 16.9. The molecule has 1 amide bonds. The standard InChI is InChI=1S/C26H30FN5O3/c1-5-32-18(4)21(17(3)31-32)10-11-28-26(30-25(33)19-7-6-16(2)22(27)14-19)29-20-8-9-23-24(15-20)35-13-12-34-23/h6-9,14-15H,5,10-13H2,1-4H3,(H2,28,29,30,33). The number of nitrogens with zero attached hydrogens (tertiary/aromatic N) is 3. The fourth-order valence-corrected chi connectivity index (χ4v) is 3.97. The van der Waals surface area contributed by atoms with Crippen LogP contribution >= 0.6 is 0 Å². The van der Waals surface area contributed by atoms with Crippen molar-refractivity contribution in [1.82, 2.24) is 15.1 Å². The van der Waals surface area contributed by atoms with Crippen molar-refractivity contribution in [1.29, 1.82) is 0 Å². The van der Waals surface area contributed by atoms with E-state index in [1.807, 2.05) is 24.6 Å². The zero-order valence-electron chi connectivity index (χ0n) is 20.4. The minimum absolute atomic E-state index is 0.209. The van der Waals surface area contributed by atoms with E-state index < -0.39 is 11.7 Å². The van der Waals surface area contributed by atoms with E-state index in [0.29, 0.717) is 48.9 Å². The third kappa shape index (κ3) is 5.62. The lowest BCUT2D eigenvalue weighted by atomic mass is 10.1. The van der Waals surface area contributed by atoms with Gasteiger partial charge in [0, 0.05) is 36.1 Å². The normalized spacial score (nSPS) is 13.0. The summed E-state index contributed by atoms with van der Waals surface area (Å²) < 4.78 is 27.2. The van der Waals surface area contributed by atoms with Gasteiger partial charge in [-0.05, 0) is 69.5 Å². The largest absolute Gasteiger partial charge is 0.486 e. The van der Waals surface area contributed by atoms with Crippen LogP contribution in [0, 0.1) is 26.6 Å². The molecule has 2 aromatic carbocycles. The van der Waals surface area contributed by atoms with Gasteiger partial charge in [-0.1, -0.05) is 6.07 Å². The molecule has 1 aliphatic heterocycles. The molecule has 35 heavy (non-hydrogen) atoms. The first kappa shape index (κ1) is 24.3. The second kappa shape index (κ2) is 10.6. The van der Waals surface area contributed by atoms with Crippen molar-refractivity contribution in [2.45, 2.75) is 40.7 Å². The number of carbonyl (C=O) groups is 1. The monoisotopic (exact) mass is 479 g/mol. The Kier molecular flexibility index (Phi) is 7.33. The van der Waals surface area contributed by atoms with Gasteiger partial charge in [0.2, 0.25) is 5.96 Å². The molecule has 4 rings (SSSR count). The zero-order valence-corrected chi connectivity index (χ0v) is 20.4. The van der Waals surface area contributed by atoms with Crippen LogP contribution < -0.4 is 20.1 Å². The Hall–Kier alpha value is -3.88. The number of halogens is 1. The summed E-state index contributed by atoms with van der Waals surface area (Å²) >= 11 is 0. The summed E-state index contributed by atoms with van der Waals surface area (Å²) in [5.74, 6) is 0.642. The third-order valence-corrected chi connectivity index (χ3v) is 5.93. The predicted molar refractivity (Wildman–Crippen MR) is 133 cm³/mol. The smallest absolute Gasteiger partial charge is 0.258 e. The number of benzene rings is 2. The lowest BCUT2D eigenvalue weighted by molar-refractivity contribution is 0.0976. The highest BCUT2D eigenvalue weighted by Crippen LogP contribution is 2.32. The highest BCUT2D eigenvalue weighted by Gasteiger charge is 2.15. The molecule has 1 aliphatic rings. The Balaban J connectivity index is 1.55. The van der Waals surface area contributed by atoms with E-state index in [0.717, 1.165) is 23.5 Å². The summed E-state index contributed by atoms with van der Waals surface area (Å²) in [6, 6.07) is 9.80. The molecule has 0 radical (unpaired) electrons. The maximum atomic E-state index is 14.0. The highest BCUT2D eigenvalue weighted by molar-refractivity contribution is 6.10. The number of hydrogen-bond donors (Lipinski definition) is 2. The van der Waals surface area contributed by atoms with Crippen LogP contribution in [-0.4, -0.2) is 41.4 Å². The van der Waals surface area contributed by atoms with Gasteiger partial charge >= 0.3 is 0 Å². The van der Waals surface area contributed by atoms with Crippen LogP contribution in [0.3, 0.4) is 0 Å². The summed E-state index contributed by atoms with van der Waals surface area (Å²) in [6.07, 6.45) is 0.666. The number of aryl methyl sites for hydroxylation is 3. The van der Waals surface area contributed by atoms with E-state index >= 15 is 0 Å². The minimum atomic E-state index is -0.459. The fourth-order valence-electron chi connectivity index (χ4n) is 3.97. The predicted octanol–water partition coefficient (Wildman–Crippen LogP) is 4.18. The van der Waals surface area contributed by atoms with Crippen molar-refractivity contribution in [3.05, 3.63) is 70.3 Å². The minimum Gasteiger partial charge on any atom is -0.486 e. The van der Waals surface area contributed by atoms with Gasteiger partial charge in [-0.3, -0.25) is 19.8 Å². The maximum Gasteiger partial charge on any atom is 0.258 e. The van der Waals surface area contributed by atoms with Gasteiger partial charge in [-0.15, -0.1) is 0 Å². The van der Waals surface area contributed by atoms with Crippen LogP contribution in [0.1, 0.15) is 39.8 Å².